The minimum atomic E-state index is -0.253. The summed E-state index contributed by atoms with van der Waals surface area (Å²) in [5.41, 5.74) is -0.153. The van der Waals surface area contributed by atoms with E-state index in [-0.39, 0.29) is 29.4 Å². The second-order valence-corrected chi connectivity index (χ2v) is 4.97. The predicted octanol–water partition coefficient (Wildman–Crippen LogP) is 1.92. The number of hydrogen-bond donors (Lipinski definition) is 0. The van der Waals surface area contributed by atoms with Gasteiger partial charge in [-0.25, -0.2) is 0 Å². The fourth-order valence-electron chi connectivity index (χ4n) is 2.42. The molecule has 1 saturated carbocycles. The average Bonchev–Trinajstić information content (AvgIpc) is 2.44. The Kier molecular flexibility index (Phi) is 3.94. The highest BCUT2D eigenvalue weighted by molar-refractivity contribution is 5.69. The molecule has 0 radical (unpaired) electrons. The third-order valence-corrected chi connectivity index (χ3v) is 3.61. The number of hydrogen-bond acceptors (Lipinski definition) is 4. The molecule has 1 rings (SSSR count). The molecule has 0 unspecified atom stereocenters. The SMILES string of the molecule is COC(=O)C[C@H]1CC[C@H](OC(C)=O)C1(C)C. The Morgan fingerprint density at radius 1 is 1.31 bits per heavy atom. The monoisotopic (exact) mass is 228 g/mol. The van der Waals surface area contributed by atoms with Crippen molar-refractivity contribution in [1.29, 1.82) is 0 Å². The van der Waals surface area contributed by atoms with E-state index in [2.05, 4.69) is 4.74 Å². The van der Waals surface area contributed by atoms with Gasteiger partial charge in [0.05, 0.1) is 7.11 Å². The molecule has 0 aromatic rings. The van der Waals surface area contributed by atoms with E-state index in [1.165, 1.54) is 14.0 Å². The van der Waals surface area contributed by atoms with Crippen molar-refractivity contribution in [3.8, 4) is 0 Å². The lowest BCUT2D eigenvalue weighted by Gasteiger charge is -2.31. The molecule has 2 atom stereocenters. The minimum Gasteiger partial charge on any atom is -0.469 e. The summed E-state index contributed by atoms with van der Waals surface area (Å²) in [5.74, 6) is -0.220. The molecule has 92 valence electrons. The molecule has 0 N–H and O–H groups in total. The Morgan fingerprint density at radius 2 is 1.94 bits per heavy atom. The van der Waals surface area contributed by atoms with Crippen LogP contribution in [-0.2, 0) is 19.1 Å². The Labute approximate surface area is 96.3 Å². The summed E-state index contributed by atoms with van der Waals surface area (Å²) in [6, 6.07) is 0. The first kappa shape index (κ1) is 13.0. The second-order valence-electron chi connectivity index (χ2n) is 4.97. The third kappa shape index (κ3) is 2.74. The van der Waals surface area contributed by atoms with Crippen molar-refractivity contribution < 1.29 is 19.1 Å². The summed E-state index contributed by atoms with van der Waals surface area (Å²) < 4.78 is 9.96. The summed E-state index contributed by atoms with van der Waals surface area (Å²) >= 11 is 0. The molecule has 0 aliphatic heterocycles. The van der Waals surface area contributed by atoms with Crippen LogP contribution in [0.3, 0.4) is 0 Å². The van der Waals surface area contributed by atoms with Crippen LogP contribution in [0.5, 0.6) is 0 Å². The Balaban J connectivity index is 2.64. The van der Waals surface area contributed by atoms with Crippen LogP contribution in [0.2, 0.25) is 0 Å². The molecule has 0 amide bonds. The van der Waals surface area contributed by atoms with E-state index < -0.39 is 0 Å². The maximum Gasteiger partial charge on any atom is 0.305 e. The maximum atomic E-state index is 11.3. The Bertz CT molecular complexity index is 283. The summed E-state index contributed by atoms with van der Waals surface area (Å²) in [7, 11) is 1.40. The molecule has 0 aromatic heterocycles. The quantitative estimate of drug-likeness (QED) is 0.692. The fraction of sp³-hybridized carbons (Fsp3) is 0.833. The molecule has 0 heterocycles. The number of carbonyl (C=O) groups is 2. The highest BCUT2D eigenvalue weighted by atomic mass is 16.5. The van der Waals surface area contributed by atoms with Gasteiger partial charge >= 0.3 is 11.9 Å². The molecule has 1 aliphatic carbocycles. The number of rotatable bonds is 3. The van der Waals surface area contributed by atoms with Gasteiger partial charge in [-0.15, -0.1) is 0 Å². The molecule has 4 nitrogen and oxygen atoms in total. The molecule has 0 aromatic carbocycles. The van der Waals surface area contributed by atoms with Gasteiger partial charge < -0.3 is 9.47 Å². The molecule has 0 bridgehead atoms. The summed E-state index contributed by atoms with van der Waals surface area (Å²) in [5, 5.41) is 0. The van der Waals surface area contributed by atoms with E-state index in [4.69, 9.17) is 4.74 Å². The first-order valence-corrected chi connectivity index (χ1v) is 5.62. The van der Waals surface area contributed by atoms with E-state index in [1.807, 2.05) is 13.8 Å². The summed E-state index contributed by atoms with van der Waals surface area (Å²) in [4.78, 5) is 22.2. The van der Waals surface area contributed by atoms with Crippen LogP contribution in [0.15, 0.2) is 0 Å². The minimum absolute atomic E-state index is 0.0837. The standard InChI is InChI=1S/C12H20O4/c1-8(13)16-10-6-5-9(12(10,2)3)7-11(14)15-4/h9-10H,5-7H2,1-4H3/t9-,10+/m1/s1. The van der Waals surface area contributed by atoms with Gasteiger partial charge in [-0.3, -0.25) is 9.59 Å². The van der Waals surface area contributed by atoms with E-state index in [1.54, 1.807) is 0 Å². The van der Waals surface area contributed by atoms with Gasteiger partial charge in [-0.2, -0.15) is 0 Å². The predicted molar refractivity (Wildman–Crippen MR) is 58.7 cm³/mol. The molecule has 0 saturated heterocycles. The lowest BCUT2D eigenvalue weighted by molar-refractivity contribution is -0.152. The smallest absolute Gasteiger partial charge is 0.305 e. The normalized spacial score (nSPS) is 27.5. The fourth-order valence-corrected chi connectivity index (χ4v) is 2.42. The van der Waals surface area contributed by atoms with Crippen molar-refractivity contribution in [2.75, 3.05) is 7.11 Å². The summed E-state index contributed by atoms with van der Waals surface area (Å²) in [6.45, 7) is 5.51. The van der Waals surface area contributed by atoms with E-state index >= 15 is 0 Å². The van der Waals surface area contributed by atoms with Crippen molar-refractivity contribution >= 4 is 11.9 Å². The zero-order valence-corrected chi connectivity index (χ0v) is 10.4. The average molecular weight is 228 g/mol. The zero-order valence-electron chi connectivity index (χ0n) is 10.4. The van der Waals surface area contributed by atoms with E-state index in [0.717, 1.165) is 12.8 Å². The van der Waals surface area contributed by atoms with Gasteiger partial charge in [0.15, 0.2) is 0 Å². The van der Waals surface area contributed by atoms with Crippen molar-refractivity contribution in [2.45, 2.75) is 46.1 Å². The molecular formula is C12H20O4. The van der Waals surface area contributed by atoms with Gasteiger partial charge in [0.1, 0.15) is 6.10 Å². The highest BCUT2D eigenvalue weighted by Crippen LogP contribution is 2.46. The molecule has 4 heteroatoms. The molecule has 1 fully saturated rings. The maximum absolute atomic E-state index is 11.3. The second kappa shape index (κ2) is 4.85. The van der Waals surface area contributed by atoms with Crippen molar-refractivity contribution in [2.24, 2.45) is 11.3 Å². The summed E-state index contributed by atoms with van der Waals surface area (Å²) in [6.07, 6.45) is 2.05. The third-order valence-electron chi connectivity index (χ3n) is 3.61. The van der Waals surface area contributed by atoms with Crippen LogP contribution in [0, 0.1) is 11.3 Å². The van der Waals surface area contributed by atoms with Gasteiger partial charge in [-0.05, 0) is 18.8 Å². The zero-order chi connectivity index (χ0) is 12.3. The lowest BCUT2D eigenvalue weighted by atomic mass is 9.78. The van der Waals surface area contributed by atoms with Crippen molar-refractivity contribution in [3.63, 3.8) is 0 Å². The highest BCUT2D eigenvalue weighted by Gasteiger charge is 2.45. The van der Waals surface area contributed by atoms with Crippen molar-refractivity contribution in [3.05, 3.63) is 0 Å². The Morgan fingerprint density at radius 3 is 2.44 bits per heavy atom. The number of ether oxygens (including phenoxy) is 2. The van der Waals surface area contributed by atoms with Gasteiger partial charge in [0, 0.05) is 18.8 Å². The lowest BCUT2D eigenvalue weighted by Crippen LogP contribution is -2.33. The van der Waals surface area contributed by atoms with Crippen LogP contribution < -0.4 is 0 Å². The molecule has 16 heavy (non-hydrogen) atoms. The van der Waals surface area contributed by atoms with E-state index in [0.29, 0.717) is 6.42 Å². The van der Waals surface area contributed by atoms with Crippen LogP contribution in [0.25, 0.3) is 0 Å². The van der Waals surface area contributed by atoms with Crippen LogP contribution in [-0.4, -0.2) is 25.2 Å². The van der Waals surface area contributed by atoms with E-state index in [9.17, 15) is 9.59 Å². The van der Waals surface area contributed by atoms with Crippen LogP contribution in [0.1, 0.15) is 40.0 Å². The van der Waals surface area contributed by atoms with Gasteiger partial charge in [0.2, 0.25) is 0 Å². The molecule has 1 aliphatic rings. The Hall–Kier alpha value is -1.06. The topological polar surface area (TPSA) is 52.6 Å². The molecule has 0 spiro atoms. The van der Waals surface area contributed by atoms with Crippen LogP contribution >= 0.6 is 0 Å². The number of esters is 2. The molecular weight excluding hydrogens is 208 g/mol. The number of carbonyl (C=O) groups excluding carboxylic acids is 2. The van der Waals surface area contributed by atoms with Crippen LogP contribution in [0.4, 0.5) is 0 Å². The van der Waals surface area contributed by atoms with Gasteiger partial charge in [0.25, 0.3) is 0 Å². The first-order chi connectivity index (χ1) is 7.37. The first-order valence-electron chi connectivity index (χ1n) is 5.62. The largest absolute Gasteiger partial charge is 0.469 e. The van der Waals surface area contributed by atoms with Gasteiger partial charge in [-0.1, -0.05) is 13.8 Å². The van der Waals surface area contributed by atoms with Crippen molar-refractivity contribution in [1.82, 2.24) is 0 Å². The number of methoxy groups -OCH3 is 1.